The Labute approximate surface area is 125 Å². The van der Waals surface area contributed by atoms with Gasteiger partial charge in [-0.3, -0.25) is 5.43 Å². The van der Waals surface area contributed by atoms with Crippen LogP contribution in [0.2, 0.25) is 0 Å². The van der Waals surface area contributed by atoms with Gasteiger partial charge in [-0.05, 0) is 6.07 Å². The van der Waals surface area contributed by atoms with Gasteiger partial charge in [0.15, 0.2) is 23.3 Å². The zero-order chi connectivity index (χ0) is 17.1. The molecular weight excluding hydrogens is 323 g/mol. The molecule has 0 aliphatic rings. The third-order valence-electron chi connectivity index (χ3n) is 2.78. The molecule has 9 heteroatoms. The third kappa shape index (κ3) is 3.12. The molecule has 0 fully saturated rings. The van der Waals surface area contributed by atoms with Crippen LogP contribution >= 0.6 is 0 Å². The van der Waals surface area contributed by atoms with Gasteiger partial charge in [0.1, 0.15) is 5.69 Å². The molecule has 0 aliphatic carbocycles. The van der Waals surface area contributed by atoms with E-state index < -0.39 is 40.7 Å². The zero-order valence-corrected chi connectivity index (χ0v) is 11.1. The lowest BCUT2D eigenvalue weighted by Gasteiger charge is -2.07. The average Bonchev–Trinajstić information content (AvgIpc) is 2.54. The molecule has 0 heterocycles. The minimum atomic E-state index is -2.29. The summed E-state index contributed by atoms with van der Waals surface area (Å²) in [6.45, 7) is 0. The minimum Gasteiger partial charge on any atom is -0.478 e. The van der Waals surface area contributed by atoms with E-state index in [1.165, 1.54) is 24.3 Å². The summed E-state index contributed by atoms with van der Waals surface area (Å²) in [6, 6.07) is 5.51. The van der Waals surface area contributed by atoms with Crippen molar-refractivity contribution in [3.8, 4) is 0 Å². The molecule has 0 atom stereocenters. The highest BCUT2D eigenvalue weighted by Crippen LogP contribution is 2.27. The SMILES string of the molecule is O=C(O)c1ccccc1/C=N/Nc1c(F)c(F)c(F)c(F)c1F. The third-order valence-corrected chi connectivity index (χ3v) is 2.78. The second kappa shape index (κ2) is 6.42. The van der Waals surface area contributed by atoms with E-state index in [2.05, 4.69) is 5.10 Å². The smallest absolute Gasteiger partial charge is 0.336 e. The average molecular weight is 330 g/mol. The Morgan fingerprint density at radius 3 is 2.04 bits per heavy atom. The predicted molar refractivity (Wildman–Crippen MR) is 70.8 cm³/mol. The van der Waals surface area contributed by atoms with Crippen molar-refractivity contribution in [2.45, 2.75) is 0 Å². The van der Waals surface area contributed by atoms with Gasteiger partial charge in [-0.2, -0.15) is 5.10 Å². The fourth-order valence-corrected chi connectivity index (χ4v) is 1.67. The molecule has 0 saturated heterocycles. The van der Waals surface area contributed by atoms with E-state index in [0.717, 1.165) is 6.21 Å². The maximum absolute atomic E-state index is 13.4. The lowest BCUT2D eigenvalue weighted by atomic mass is 10.1. The highest BCUT2D eigenvalue weighted by Gasteiger charge is 2.25. The summed E-state index contributed by atoms with van der Waals surface area (Å²) >= 11 is 0. The van der Waals surface area contributed by atoms with E-state index in [-0.39, 0.29) is 11.1 Å². The van der Waals surface area contributed by atoms with Crippen molar-refractivity contribution >= 4 is 17.9 Å². The normalized spacial score (nSPS) is 11.0. The summed E-state index contributed by atoms with van der Waals surface area (Å²) in [5.74, 6) is -12.0. The van der Waals surface area contributed by atoms with Gasteiger partial charge in [0.2, 0.25) is 5.82 Å². The molecular formula is C14H7F5N2O2. The largest absolute Gasteiger partial charge is 0.478 e. The number of hydrogen-bond donors (Lipinski definition) is 2. The topological polar surface area (TPSA) is 61.7 Å². The fourth-order valence-electron chi connectivity index (χ4n) is 1.67. The minimum absolute atomic E-state index is 0.0661. The Balaban J connectivity index is 2.34. The molecule has 2 aromatic rings. The van der Waals surface area contributed by atoms with Crippen molar-refractivity contribution in [1.29, 1.82) is 0 Å². The van der Waals surface area contributed by atoms with Crippen molar-refractivity contribution < 1.29 is 31.9 Å². The molecule has 0 saturated carbocycles. The van der Waals surface area contributed by atoms with E-state index >= 15 is 0 Å². The number of hydrogen-bond acceptors (Lipinski definition) is 3. The first-order valence-electron chi connectivity index (χ1n) is 5.97. The van der Waals surface area contributed by atoms with Crippen LogP contribution in [-0.2, 0) is 0 Å². The van der Waals surface area contributed by atoms with Crippen LogP contribution < -0.4 is 5.43 Å². The van der Waals surface area contributed by atoms with Crippen LogP contribution in [0.5, 0.6) is 0 Å². The molecule has 0 aliphatic heterocycles. The van der Waals surface area contributed by atoms with Gasteiger partial charge < -0.3 is 5.11 Å². The number of rotatable bonds is 4. The number of hydrazone groups is 1. The van der Waals surface area contributed by atoms with Crippen molar-refractivity contribution in [1.82, 2.24) is 0 Å². The van der Waals surface area contributed by atoms with Crippen LogP contribution in [0.15, 0.2) is 29.4 Å². The van der Waals surface area contributed by atoms with Gasteiger partial charge in [-0.15, -0.1) is 0 Å². The molecule has 0 spiro atoms. The molecule has 0 bridgehead atoms. The molecule has 0 aromatic heterocycles. The molecule has 0 radical (unpaired) electrons. The second-order valence-corrected chi connectivity index (χ2v) is 4.21. The number of halogens is 5. The van der Waals surface area contributed by atoms with Gasteiger partial charge in [0, 0.05) is 5.56 Å². The summed E-state index contributed by atoms with van der Waals surface area (Å²) in [6.07, 6.45) is 0.876. The maximum Gasteiger partial charge on any atom is 0.336 e. The van der Waals surface area contributed by atoms with E-state index in [4.69, 9.17) is 5.11 Å². The predicted octanol–water partition coefficient (Wildman–Crippen LogP) is 3.53. The first-order chi connectivity index (χ1) is 10.8. The Morgan fingerprint density at radius 1 is 0.957 bits per heavy atom. The monoisotopic (exact) mass is 330 g/mol. The van der Waals surface area contributed by atoms with Crippen molar-refractivity contribution in [3.05, 3.63) is 64.5 Å². The van der Waals surface area contributed by atoms with Gasteiger partial charge in [0.05, 0.1) is 11.8 Å². The number of aromatic carboxylic acids is 1. The van der Waals surface area contributed by atoms with Gasteiger partial charge >= 0.3 is 5.97 Å². The Bertz CT molecular complexity index is 779. The van der Waals surface area contributed by atoms with Crippen LogP contribution in [0.1, 0.15) is 15.9 Å². The number of anilines is 1. The highest BCUT2D eigenvalue weighted by atomic mass is 19.2. The summed E-state index contributed by atoms with van der Waals surface area (Å²) in [5.41, 5.74) is 0.252. The second-order valence-electron chi connectivity index (χ2n) is 4.21. The Morgan fingerprint density at radius 2 is 1.48 bits per heavy atom. The fraction of sp³-hybridized carbons (Fsp3) is 0. The van der Waals surface area contributed by atoms with Crippen LogP contribution in [0.3, 0.4) is 0 Å². The van der Waals surface area contributed by atoms with E-state index in [1.54, 1.807) is 5.43 Å². The van der Waals surface area contributed by atoms with Crippen molar-refractivity contribution in [3.63, 3.8) is 0 Å². The first kappa shape index (κ1) is 16.4. The molecule has 2 rings (SSSR count). The quantitative estimate of drug-likeness (QED) is 0.296. The summed E-state index contributed by atoms with van der Waals surface area (Å²) in [4.78, 5) is 10.9. The van der Waals surface area contributed by atoms with Crippen molar-refractivity contribution in [2.24, 2.45) is 5.10 Å². The molecule has 120 valence electrons. The Kier molecular flexibility index (Phi) is 4.58. The maximum atomic E-state index is 13.4. The zero-order valence-electron chi connectivity index (χ0n) is 11.1. The highest BCUT2D eigenvalue weighted by molar-refractivity contribution is 5.98. The number of carbonyl (C=O) groups is 1. The summed E-state index contributed by atoms with van der Waals surface area (Å²) < 4.78 is 65.6. The number of carboxylic acids is 1. The van der Waals surface area contributed by atoms with Crippen molar-refractivity contribution in [2.75, 3.05) is 5.43 Å². The summed E-state index contributed by atoms with van der Waals surface area (Å²) in [7, 11) is 0. The van der Waals surface area contributed by atoms with Gasteiger partial charge in [-0.25, -0.2) is 26.7 Å². The van der Waals surface area contributed by atoms with E-state index in [1.807, 2.05) is 0 Å². The van der Waals surface area contributed by atoms with Gasteiger partial charge in [0.25, 0.3) is 0 Å². The van der Waals surface area contributed by atoms with Crippen LogP contribution in [-0.4, -0.2) is 17.3 Å². The number of benzene rings is 2. The van der Waals surface area contributed by atoms with Gasteiger partial charge in [-0.1, -0.05) is 18.2 Å². The summed E-state index contributed by atoms with van der Waals surface area (Å²) in [5, 5.41) is 12.2. The molecule has 2 aromatic carbocycles. The van der Waals surface area contributed by atoms with Crippen LogP contribution in [0.4, 0.5) is 27.6 Å². The van der Waals surface area contributed by atoms with Crippen LogP contribution in [0, 0.1) is 29.1 Å². The Hall–Kier alpha value is -2.97. The van der Waals surface area contributed by atoms with Crippen LogP contribution in [0.25, 0.3) is 0 Å². The van der Waals surface area contributed by atoms with E-state index in [0.29, 0.717) is 0 Å². The number of carboxylic acid groups (broad SMARTS) is 1. The molecule has 0 amide bonds. The molecule has 2 N–H and O–H groups in total. The lowest BCUT2D eigenvalue weighted by Crippen LogP contribution is -2.07. The molecule has 4 nitrogen and oxygen atoms in total. The number of nitrogens with zero attached hydrogens (tertiary/aromatic N) is 1. The first-order valence-corrected chi connectivity index (χ1v) is 5.97. The standard InChI is InChI=1S/C14H7F5N2O2/c15-8-9(16)11(18)13(12(19)10(8)17)21-20-5-6-3-1-2-4-7(6)14(22)23/h1-5,21H,(H,22,23)/b20-5+. The molecule has 23 heavy (non-hydrogen) atoms. The number of nitrogens with one attached hydrogen (secondary N) is 1. The van der Waals surface area contributed by atoms with E-state index in [9.17, 15) is 26.7 Å². The molecule has 0 unspecified atom stereocenters. The lowest BCUT2D eigenvalue weighted by molar-refractivity contribution is 0.0696.